The fourth-order valence-electron chi connectivity index (χ4n) is 3.58. The molecule has 36 heavy (non-hydrogen) atoms. The highest BCUT2D eigenvalue weighted by molar-refractivity contribution is 6.34. The quantitative estimate of drug-likeness (QED) is 0.345. The summed E-state index contributed by atoms with van der Waals surface area (Å²) in [5, 5.41) is 11.3. The number of fused-ring (bicyclic) bond motifs is 1. The van der Waals surface area contributed by atoms with Gasteiger partial charge < -0.3 is 5.32 Å². The molecule has 0 bridgehead atoms. The van der Waals surface area contributed by atoms with E-state index in [2.05, 4.69) is 15.5 Å². The Kier molecular flexibility index (Phi) is 7.39. The van der Waals surface area contributed by atoms with Crippen LogP contribution in [0.1, 0.15) is 24.0 Å². The van der Waals surface area contributed by atoms with Crippen molar-refractivity contribution in [2.45, 2.75) is 32.0 Å². The maximum absolute atomic E-state index is 12.9. The van der Waals surface area contributed by atoms with Crippen molar-refractivity contribution in [1.82, 2.24) is 24.9 Å². The summed E-state index contributed by atoms with van der Waals surface area (Å²) in [6, 6.07) is 10.2. The molecule has 0 unspecified atom stereocenters. The molecule has 2 aromatic carbocycles. The Bertz CT molecular complexity index is 1430. The molecule has 0 radical (unpaired) electrons. The predicted molar refractivity (Wildman–Crippen MR) is 125 cm³/mol. The molecular formula is C24H20ClF4N5O2. The second-order valence-corrected chi connectivity index (χ2v) is 8.37. The summed E-state index contributed by atoms with van der Waals surface area (Å²) >= 11 is 6.31. The number of hydrogen-bond donors (Lipinski definition) is 1. The maximum Gasteiger partial charge on any atom is 0.416 e. The van der Waals surface area contributed by atoms with E-state index in [-0.39, 0.29) is 46.4 Å². The van der Waals surface area contributed by atoms with E-state index >= 15 is 0 Å². The Morgan fingerprint density at radius 2 is 1.75 bits per heavy atom. The van der Waals surface area contributed by atoms with Gasteiger partial charge in [-0.3, -0.25) is 9.59 Å². The lowest BCUT2D eigenvalue weighted by molar-refractivity contribution is -0.137. The highest BCUT2D eigenvalue weighted by atomic mass is 35.5. The van der Waals surface area contributed by atoms with Crippen LogP contribution in [-0.4, -0.2) is 32.0 Å². The smallest absolute Gasteiger partial charge is 0.356 e. The molecule has 0 spiro atoms. The van der Waals surface area contributed by atoms with Gasteiger partial charge in [0.05, 0.1) is 22.8 Å². The van der Waals surface area contributed by atoms with Crippen LogP contribution in [0.25, 0.3) is 16.6 Å². The molecule has 12 heteroatoms. The maximum atomic E-state index is 12.9. The lowest BCUT2D eigenvalue weighted by atomic mass is 10.1. The molecule has 188 valence electrons. The van der Waals surface area contributed by atoms with E-state index < -0.39 is 17.3 Å². The lowest BCUT2D eigenvalue weighted by Gasteiger charge is -2.08. The number of carbonyl (C=O) groups excluding carboxylic acids is 1. The Morgan fingerprint density at radius 1 is 1.06 bits per heavy atom. The molecule has 1 N–H and O–H groups in total. The molecule has 0 saturated carbocycles. The zero-order chi connectivity index (χ0) is 25.9. The highest BCUT2D eigenvalue weighted by Gasteiger charge is 2.30. The van der Waals surface area contributed by atoms with E-state index in [0.29, 0.717) is 19.4 Å². The van der Waals surface area contributed by atoms with Gasteiger partial charge in [-0.05, 0) is 54.8 Å². The van der Waals surface area contributed by atoms with Crippen LogP contribution in [0.5, 0.6) is 0 Å². The van der Waals surface area contributed by atoms with Crippen LogP contribution in [0.4, 0.5) is 17.6 Å². The van der Waals surface area contributed by atoms with Gasteiger partial charge in [-0.25, -0.2) is 13.8 Å². The summed E-state index contributed by atoms with van der Waals surface area (Å²) in [5.74, 6) is -0.515. The molecule has 4 rings (SSSR count). The van der Waals surface area contributed by atoms with Crippen LogP contribution in [0.15, 0.2) is 59.5 Å². The van der Waals surface area contributed by atoms with Gasteiger partial charge in [-0.15, -0.1) is 0 Å². The van der Waals surface area contributed by atoms with Gasteiger partial charge in [-0.2, -0.15) is 23.4 Å². The minimum Gasteiger partial charge on any atom is -0.356 e. The fourth-order valence-corrected chi connectivity index (χ4v) is 3.85. The third kappa shape index (κ3) is 5.73. The molecule has 0 aliphatic rings. The number of nitrogens with zero attached hydrogens (tertiary/aromatic N) is 4. The average Bonchev–Trinajstić information content (AvgIpc) is 3.18. The molecule has 4 aromatic rings. The molecule has 7 nitrogen and oxygen atoms in total. The van der Waals surface area contributed by atoms with E-state index in [1.54, 1.807) is 12.1 Å². The first-order valence-corrected chi connectivity index (χ1v) is 11.3. The van der Waals surface area contributed by atoms with Crippen molar-refractivity contribution in [3.8, 4) is 5.69 Å². The Hall–Kier alpha value is -3.73. The number of benzene rings is 2. The molecule has 1 amide bonds. The largest absolute Gasteiger partial charge is 0.416 e. The lowest BCUT2D eigenvalue weighted by Crippen LogP contribution is -2.27. The molecule has 2 heterocycles. The number of hydrogen-bond acceptors (Lipinski definition) is 4. The second kappa shape index (κ2) is 10.5. The first-order valence-electron chi connectivity index (χ1n) is 11.0. The minimum absolute atomic E-state index is 0.0126. The van der Waals surface area contributed by atoms with E-state index in [4.69, 9.17) is 11.6 Å². The second-order valence-electron chi connectivity index (χ2n) is 8.01. The number of alkyl halides is 3. The van der Waals surface area contributed by atoms with Gasteiger partial charge in [0.2, 0.25) is 5.91 Å². The van der Waals surface area contributed by atoms with Gasteiger partial charge in [-0.1, -0.05) is 23.7 Å². The Morgan fingerprint density at radius 3 is 2.42 bits per heavy atom. The van der Waals surface area contributed by atoms with Crippen molar-refractivity contribution in [2.24, 2.45) is 0 Å². The molecule has 0 aliphatic carbocycles. The van der Waals surface area contributed by atoms with E-state index in [0.717, 1.165) is 22.4 Å². The Balaban J connectivity index is 1.37. The zero-order valence-electron chi connectivity index (χ0n) is 18.7. The van der Waals surface area contributed by atoms with Crippen LogP contribution < -0.4 is 10.9 Å². The standard InChI is InChI=1S/C24H20ClF4N5O2/c25-22-19-14-31-33(13-1-2-20(35)30-12-11-15-3-7-17(26)8-4-15)23(36)21(19)32-34(22)18-9-5-16(6-10-18)24(27,28)29/h3-10,14H,1-2,11-13H2,(H,30,35). The highest BCUT2D eigenvalue weighted by Crippen LogP contribution is 2.30. The summed E-state index contributed by atoms with van der Waals surface area (Å²) in [4.78, 5) is 24.9. The first-order chi connectivity index (χ1) is 17.1. The number of amides is 1. The normalized spacial score (nSPS) is 11.7. The number of halogens is 5. The number of aryl methyl sites for hydroxylation is 1. The molecular weight excluding hydrogens is 502 g/mol. The molecule has 0 fully saturated rings. The molecule has 0 saturated heterocycles. The summed E-state index contributed by atoms with van der Waals surface area (Å²) < 4.78 is 53.7. The number of nitrogens with one attached hydrogen (secondary N) is 1. The molecule has 0 atom stereocenters. The van der Waals surface area contributed by atoms with Gasteiger partial charge in [0.25, 0.3) is 5.56 Å². The summed E-state index contributed by atoms with van der Waals surface area (Å²) in [5.41, 5.74) is -0.180. The van der Waals surface area contributed by atoms with Crippen molar-refractivity contribution in [2.75, 3.05) is 6.54 Å². The van der Waals surface area contributed by atoms with Gasteiger partial charge in [0.15, 0.2) is 5.52 Å². The predicted octanol–water partition coefficient (Wildman–Crippen LogP) is 4.53. The molecule has 0 aliphatic heterocycles. The van der Waals surface area contributed by atoms with E-state index in [9.17, 15) is 27.2 Å². The summed E-state index contributed by atoms with van der Waals surface area (Å²) in [7, 11) is 0. The molecule has 2 aromatic heterocycles. The summed E-state index contributed by atoms with van der Waals surface area (Å²) in [6.45, 7) is 0.555. The average molecular weight is 522 g/mol. The number of rotatable bonds is 8. The summed E-state index contributed by atoms with van der Waals surface area (Å²) in [6.07, 6.45) is -2.06. The third-order valence-electron chi connectivity index (χ3n) is 5.49. The van der Waals surface area contributed by atoms with Crippen LogP contribution >= 0.6 is 11.6 Å². The van der Waals surface area contributed by atoms with Crippen molar-refractivity contribution in [3.63, 3.8) is 0 Å². The third-order valence-corrected chi connectivity index (χ3v) is 5.85. The van der Waals surface area contributed by atoms with Crippen LogP contribution in [-0.2, 0) is 23.9 Å². The van der Waals surface area contributed by atoms with Gasteiger partial charge in [0.1, 0.15) is 11.0 Å². The van der Waals surface area contributed by atoms with E-state index in [1.807, 2.05) is 0 Å². The van der Waals surface area contributed by atoms with E-state index in [1.165, 1.54) is 35.1 Å². The Labute approximate surface area is 207 Å². The monoisotopic (exact) mass is 521 g/mol. The SMILES string of the molecule is O=C(CCCn1ncc2c(Cl)n(-c3ccc(C(F)(F)F)cc3)nc2c1=O)NCCc1ccc(F)cc1. The van der Waals surface area contributed by atoms with Gasteiger partial charge >= 0.3 is 6.18 Å². The topological polar surface area (TPSA) is 81.8 Å². The number of carbonyl (C=O) groups is 1. The van der Waals surface area contributed by atoms with Crippen molar-refractivity contribution < 1.29 is 22.4 Å². The van der Waals surface area contributed by atoms with Crippen molar-refractivity contribution in [1.29, 1.82) is 0 Å². The van der Waals surface area contributed by atoms with Gasteiger partial charge in [0, 0.05) is 19.5 Å². The van der Waals surface area contributed by atoms with Crippen LogP contribution in [0.2, 0.25) is 5.15 Å². The fraction of sp³-hybridized carbons (Fsp3) is 0.250. The number of aromatic nitrogens is 4. The first kappa shape index (κ1) is 25.4. The van der Waals surface area contributed by atoms with Crippen molar-refractivity contribution in [3.05, 3.63) is 87.2 Å². The zero-order valence-corrected chi connectivity index (χ0v) is 19.5. The van der Waals surface area contributed by atoms with Crippen LogP contribution in [0, 0.1) is 5.82 Å². The van der Waals surface area contributed by atoms with Crippen LogP contribution in [0.3, 0.4) is 0 Å². The minimum atomic E-state index is -4.48. The van der Waals surface area contributed by atoms with Crippen molar-refractivity contribution >= 4 is 28.4 Å².